The highest BCUT2D eigenvalue weighted by Gasteiger charge is 2.34. The lowest BCUT2D eigenvalue weighted by Gasteiger charge is -2.15. The summed E-state index contributed by atoms with van der Waals surface area (Å²) in [4.78, 5) is 12.7. The zero-order chi connectivity index (χ0) is 21.6. The quantitative estimate of drug-likeness (QED) is 0.436. The third-order valence-electron chi connectivity index (χ3n) is 5.61. The summed E-state index contributed by atoms with van der Waals surface area (Å²) in [5, 5.41) is 0.595. The van der Waals surface area contributed by atoms with Gasteiger partial charge in [-0.3, -0.25) is 0 Å². The third kappa shape index (κ3) is 3.43. The van der Waals surface area contributed by atoms with Crippen molar-refractivity contribution in [1.82, 2.24) is 0 Å². The largest absolute Gasteiger partial charge is 0.493 e. The Balaban J connectivity index is 1.72. The molecule has 0 aliphatic carbocycles. The van der Waals surface area contributed by atoms with Gasteiger partial charge in [0.05, 0.1) is 12.4 Å². The zero-order valence-corrected chi connectivity index (χ0v) is 17.7. The number of aryl methyl sites for hydroxylation is 1. The predicted molar refractivity (Wildman–Crippen MR) is 119 cm³/mol. The number of para-hydroxylation sites is 1. The zero-order valence-electron chi connectivity index (χ0n) is 16.9. The Morgan fingerprint density at radius 2 is 1.71 bits per heavy atom. The normalized spacial score (nSPS) is 15.6. The summed E-state index contributed by atoms with van der Waals surface area (Å²) in [5.41, 5.74) is 2.34. The van der Waals surface area contributed by atoms with E-state index in [0.717, 1.165) is 11.1 Å². The minimum absolute atomic E-state index is 0.230. The van der Waals surface area contributed by atoms with Crippen LogP contribution in [0.5, 0.6) is 5.75 Å². The third-order valence-corrected chi connectivity index (χ3v) is 7.45. The van der Waals surface area contributed by atoms with Crippen molar-refractivity contribution in [3.8, 4) is 16.9 Å². The predicted octanol–water partition coefficient (Wildman–Crippen LogP) is 4.72. The van der Waals surface area contributed by atoms with Crippen LogP contribution in [-0.2, 0) is 9.84 Å². The molecule has 1 aliphatic rings. The molecule has 6 heteroatoms. The number of fused-ring (bicyclic) bond motifs is 2. The van der Waals surface area contributed by atoms with E-state index < -0.39 is 15.5 Å². The van der Waals surface area contributed by atoms with E-state index >= 15 is 0 Å². The molecule has 31 heavy (non-hydrogen) atoms. The van der Waals surface area contributed by atoms with Crippen LogP contribution in [0.3, 0.4) is 0 Å². The van der Waals surface area contributed by atoms with Crippen molar-refractivity contribution in [2.75, 3.05) is 12.4 Å². The second-order valence-corrected chi connectivity index (χ2v) is 9.76. The van der Waals surface area contributed by atoms with Crippen LogP contribution in [0.15, 0.2) is 86.9 Å². The summed E-state index contributed by atoms with van der Waals surface area (Å²) in [6, 6.07) is 21.9. The molecule has 0 saturated carbocycles. The highest BCUT2D eigenvalue weighted by Crippen LogP contribution is 2.38. The fourth-order valence-electron chi connectivity index (χ4n) is 4.18. The molecule has 1 aromatic heterocycles. The highest BCUT2D eigenvalue weighted by atomic mass is 32.2. The molecule has 0 saturated heterocycles. The minimum Gasteiger partial charge on any atom is -0.493 e. The van der Waals surface area contributed by atoms with Gasteiger partial charge < -0.3 is 9.15 Å². The molecule has 0 N–H and O–H groups in total. The topological polar surface area (TPSA) is 73.6 Å². The van der Waals surface area contributed by atoms with Gasteiger partial charge in [-0.25, -0.2) is 13.2 Å². The fourth-order valence-corrected chi connectivity index (χ4v) is 5.99. The molecular weight excluding hydrogens is 412 g/mol. The van der Waals surface area contributed by atoms with E-state index in [4.69, 9.17) is 9.15 Å². The Morgan fingerprint density at radius 3 is 2.52 bits per heavy atom. The number of hydrogen-bond acceptors (Lipinski definition) is 5. The van der Waals surface area contributed by atoms with E-state index in [1.807, 2.05) is 61.5 Å². The average Bonchev–Trinajstić information content (AvgIpc) is 3.15. The molecule has 0 fully saturated rings. The molecule has 0 radical (unpaired) electrons. The van der Waals surface area contributed by atoms with Crippen molar-refractivity contribution >= 4 is 20.8 Å². The Morgan fingerprint density at radius 1 is 0.968 bits per heavy atom. The summed E-state index contributed by atoms with van der Waals surface area (Å²) in [6.07, 6.45) is 0. The van der Waals surface area contributed by atoms with Gasteiger partial charge in [0.25, 0.3) is 0 Å². The first-order chi connectivity index (χ1) is 14.9. The van der Waals surface area contributed by atoms with Gasteiger partial charge in [0.1, 0.15) is 11.3 Å². The van der Waals surface area contributed by atoms with Crippen LogP contribution in [0.25, 0.3) is 22.1 Å². The first-order valence-electron chi connectivity index (χ1n) is 10.0. The van der Waals surface area contributed by atoms with Gasteiger partial charge in [-0.05, 0) is 30.2 Å². The molecule has 0 amide bonds. The van der Waals surface area contributed by atoms with Crippen LogP contribution in [0, 0.1) is 6.92 Å². The molecule has 0 bridgehead atoms. The number of ether oxygens (including phenoxy) is 1. The smallest absolute Gasteiger partial charge is 0.355 e. The first kappa shape index (κ1) is 19.6. The average molecular weight is 432 g/mol. The van der Waals surface area contributed by atoms with Crippen molar-refractivity contribution in [2.24, 2.45) is 0 Å². The maximum atomic E-state index is 13.6. The lowest BCUT2D eigenvalue weighted by atomic mass is 10.0. The summed E-state index contributed by atoms with van der Waals surface area (Å²) >= 11 is 0. The molecule has 1 unspecified atom stereocenters. The van der Waals surface area contributed by atoms with Gasteiger partial charge in [0.2, 0.25) is 0 Å². The Bertz CT molecular complexity index is 1450. The Labute approximate surface area is 179 Å². The summed E-state index contributed by atoms with van der Waals surface area (Å²) in [6.45, 7) is 2.15. The van der Waals surface area contributed by atoms with Gasteiger partial charge in [0, 0.05) is 22.4 Å². The molecule has 4 aromatic rings. The molecule has 0 spiro atoms. The maximum Gasteiger partial charge on any atom is 0.355 e. The van der Waals surface area contributed by atoms with Gasteiger partial charge >= 0.3 is 5.63 Å². The SMILES string of the molecule is Cc1ccc2c(-c3ccccc3)c(S(=O)(=O)CC3COc4ccccc43)c(=O)oc2c1. The van der Waals surface area contributed by atoms with Gasteiger partial charge in [0.15, 0.2) is 14.7 Å². The molecule has 1 atom stereocenters. The minimum atomic E-state index is -3.98. The van der Waals surface area contributed by atoms with Gasteiger partial charge in [-0.1, -0.05) is 60.7 Å². The van der Waals surface area contributed by atoms with Crippen molar-refractivity contribution in [3.63, 3.8) is 0 Å². The van der Waals surface area contributed by atoms with E-state index in [2.05, 4.69) is 0 Å². The molecule has 2 heterocycles. The summed E-state index contributed by atoms with van der Waals surface area (Å²) in [7, 11) is -3.98. The molecule has 1 aliphatic heterocycles. The molecule has 156 valence electrons. The molecule has 3 aromatic carbocycles. The standard InChI is InChI=1S/C25H20O5S/c1-16-11-12-20-22(13-16)30-25(26)24(23(20)17-7-3-2-4-8-17)31(27,28)15-18-14-29-21-10-6-5-9-19(18)21/h2-13,18H,14-15H2,1H3. The second-order valence-electron chi connectivity index (χ2n) is 7.79. The van der Waals surface area contributed by atoms with Crippen molar-refractivity contribution in [2.45, 2.75) is 17.7 Å². The van der Waals surface area contributed by atoms with Crippen LogP contribution in [-0.4, -0.2) is 20.8 Å². The number of sulfone groups is 1. The van der Waals surface area contributed by atoms with Crippen LogP contribution in [0.1, 0.15) is 17.0 Å². The Kier molecular flexibility index (Phi) is 4.67. The van der Waals surface area contributed by atoms with E-state index in [1.165, 1.54) is 0 Å². The van der Waals surface area contributed by atoms with E-state index in [0.29, 0.717) is 27.8 Å². The molecule has 5 nitrogen and oxygen atoms in total. The van der Waals surface area contributed by atoms with Crippen LogP contribution in [0.2, 0.25) is 0 Å². The van der Waals surface area contributed by atoms with Gasteiger partial charge in [-0.15, -0.1) is 0 Å². The van der Waals surface area contributed by atoms with Crippen LogP contribution in [0.4, 0.5) is 0 Å². The highest BCUT2D eigenvalue weighted by molar-refractivity contribution is 7.91. The lowest BCUT2D eigenvalue weighted by molar-refractivity contribution is 0.337. The van der Waals surface area contributed by atoms with E-state index in [-0.39, 0.29) is 23.2 Å². The van der Waals surface area contributed by atoms with Gasteiger partial charge in [-0.2, -0.15) is 0 Å². The monoisotopic (exact) mass is 432 g/mol. The van der Waals surface area contributed by atoms with Crippen LogP contribution >= 0.6 is 0 Å². The molecular formula is C25H20O5S. The van der Waals surface area contributed by atoms with Crippen molar-refractivity contribution < 1.29 is 17.6 Å². The lowest BCUT2D eigenvalue weighted by Crippen LogP contribution is -2.23. The first-order valence-corrected chi connectivity index (χ1v) is 11.7. The second kappa shape index (κ2) is 7.39. The van der Waals surface area contributed by atoms with E-state index in [1.54, 1.807) is 18.2 Å². The fraction of sp³-hybridized carbons (Fsp3) is 0.160. The number of benzene rings is 3. The maximum absolute atomic E-state index is 13.6. The molecule has 5 rings (SSSR count). The summed E-state index contributed by atoms with van der Waals surface area (Å²) in [5.74, 6) is 0.108. The number of hydrogen-bond donors (Lipinski definition) is 0. The van der Waals surface area contributed by atoms with Crippen LogP contribution < -0.4 is 10.4 Å². The van der Waals surface area contributed by atoms with Crippen molar-refractivity contribution in [1.29, 1.82) is 0 Å². The Hall–Kier alpha value is -3.38. The summed E-state index contributed by atoms with van der Waals surface area (Å²) < 4.78 is 38.4. The van der Waals surface area contributed by atoms with E-state index in [9.17, 15) is 13.2 Å². The number of rotatable bonds is 4. The van der Waals surface area contributed by atoms with Crippen molar-refractivity contribution in [3.05, 3.63) is 94.3 Å².